The van der Waals surface area contributed by atoms with Gasteiger partial charge in [0.05, 0.1) is 18.5 Å². The van der Waals surface area contributed by atoms with Crippen LogP contribution in [-0.4, -0.2) is 36.5 Å². The quantitative estimate of drug-likeness (QED) is 0.751. The van der Waals surface area contributed by atoms with E-state index in [0.29, 0.717) is 6.42 Å². The lowest BCUT2D eigenvalue weighted by Gasteiger charge is -2.37. The Bertz CT molecular complexity index is 259. The van der Waals surface area contributed by atoms with Crippen molar-refractivity contribution in [1.29, 1.82) is 5.26 Å². The number of hydrogen-bond acceptors (Lipinski definition) is 3. The molecular formula is C11H19N3O. The molecule has 1 aliphatic heterocycles. The lowest BCUT2D eigenvalue weighted by Crippen LogP contribution is -2.52. The smallest absolute Gasteiger partial charge is 0.237 e. The zero-order chi connectivity index (χ0) is 11.3. The molecule has 1 heterocycles. The molecule has 0 radical (unpaired) electrons. The van der Waals surface area contributed by atoms with Crippen molar-refractivity contribution in [2.24, 2.45) is 0 Å². The number of amides is 1. The number of carbonyl (C=O) groups excluding carboxylic acids is 1. The maximum absolute atomic E-state index is 11.7. The minimum atomic E-state index is -0.0351. The fourth-order valence-electron chi connectivity index (χ4n) is 2.18. The molecular weight excluding hydrogens is 190 g/mol. The highest BCUT2D eigenvalue weighted by molar-refractivity contribution is 5.81. The first kappa shape index (κ1) is 12.0. The second-order valence-corrected chi connectivity index (χ2v) is 4.07. The normalized spacial score (nSPS) is 24.2. The van der Waals surface area contributed by atoms with Gasteiger partial charge in [-0.05, 0) is 26.3 Å². The van der Waals surface area contributed by atoms with Gasteiger partial charge < -0.3 is 5.32 Å². The molecule has 0 bridgehead atoms. The van der Waals surface area contributed by atoms with Gasteiger partial charge in [-0.2, -0.15) is 5.26 Å². The molecule has 1 aliphatic rings. The Morgan fingerprint density at radius 3 is 3.00 bits per heavy atom. The number of nitrogens with zero attached hydrogens (tertiary/aromatic N) is 2. The summed E-state index contributed by atoms with van der Waals surface area (Å²) in [5, 5.41) is 11.4. The van der Waals surface area contributed by atoms with Crippen molar-refractivity contribution in [3.8, 4) is 6.07 Å². The van der Waals surface area contributed by atoms with Gasteiger partial charge >= 0.3 is 0 Å². The second-order valence-electron chi connectivity index (χ2n) is 4.07. The lowest BCUT2D eigenvalue weighted by molar-refractivity contribution is -0.128. The van der Waals surface area contributed by atoms with E-state index < -0.39 is 0 Å². The minimum Gasteiger partial charge on any atom is -0.358 e. The third-order valence-electron chi connectivity index (χ3n) is 3.05. The molecule has 15 heavy (non-hydrogen) atoms. The molecule has 0 aliphatic carbocycles. The number of rotatable bonds is 3. The molecule has 0 aromatic carbocycles. The van der Waals surface area contributed by atoms with Gasteiger partial charge in [-0.25, -0.2) is 0 Å². The SMILES string of the molecule is CNC(=O)C1CCCCN1C(C)CC#N. The number of carbonyl (C=O) groups is 1. The monoisotopic (exact) mass is 209 g/mol. The van der Waals surface area contributed by atoms with E-state index in [0.717, 1.165) is 25.8 Å². The van der Waals surface area contributed by atoms with Gasteiger partial charge in [0.15, 0.2) is 0 Å². The van der Waals surface area contributed by atoms with Crippen molar-refractivity contribution in [3.63, 3.8) is 0 Å². The number of hydrogen-bond donors (Lipinski definition) is 1. The van der Waals surface area contributed by atoms with Gasteiger partial charge in [-0.3, -0.25) is 9.69 Å². The van der Waals surface area contributed by atoms with Gasteiger partial charge in [0.1, 0.15) is 0 Å². The molecule has 1 saturated heterocycles. The van der Waals surface area contributed by atoms with E-state index in [1.54, 1.807) is 7.05 Å². The second kappa shape index (κ2) is 5.72. The highest BCUT2D eigenvalue weighted by Gasteiger charge is 2.30. The summed E-state index contributed by atoms with van der Waals surface area (Å²) in [5.74, 6) is 0.0829. The van der Waals surface area contributed by atoms with Crippen LogP contribution in [0.15, 0.2) is 0 Å². The third kappa shape index (κ3) is 2.93. The fourth-order valence-corrected chi connectivity index (χ4v) is 2.18. The number of nitriles is 1. The van der Waals surface area contributed by atoms with E-state index in [4.69, 9.17) is 5.26 Å². The predicted molar refractivity (Wildman–Crippen MR) is 58.1 cm³/mol. The van der Waals surface area contributed by atoms with E-state index in [1.807, 2.05) is 6.92 Å². The lowest BCUT2D eigenvalue weighted by atomic mass is 9.98. The molecule has 2 unspecified atom stereocenters. The molecule has 84 valence electrons. The minimum absolute atomic E-state index is 0.0351. The van der Waals surface area contributed by atoms with Crippen molar-refractivity contribution in [2.45, 2.75) is 44.7 Å². The maximum atomic E-state index is 11.7. The number of piperidine rings is 1. The van der Waals surface area contributed by atoms with Crippen molar-refractivity contribution < 1.29 is 4.79 Å². The highest BCUT2D eigenvalue weighted by Crippen LogP contribution is 2.20. The van der Waals surface area contributed by atoms with Gasteiger partial charge in [0, 0.05) is 13.1 Å². The molecule has 0 aromatic heterocycles. The van der Waals surface area contributed by atoms with Crippen molar-refractivity contribution in [1.82, 2.24) is 10.2 Å². The first-order valence-electron chi connectivity index (χ1n) is 5.55. The Morgan fingerprint density at radius 2 is 2.40 bits per heavy atom. The molecule has 4 heteroatoms. The van der Waals surface area contributed by atoms with E-state index in [-0.39, 0.29) is 18.0 Å². The average molecular weight is 209 g/mol. The summed E-state index contributed by atoms with van der Waals surface area (Å²) in [6.45, 7) is 2.95. The summed E-state index contributed by atoms with van der Waals surface area (Å²) in [4.78, 5) is 13.8. The zero-order valence-electron chi connectivity index (χ0n) is 9.49. The Hall–Kier alpha value is -1.08. The summed E-state index contributed by atoms with van der Waals surface area (Å²) in [5.41, 5.74) is 0. The Labute approximate surface area is 91.2 Å². The standard InChI is InChI=1S/C11H19N3O/c1-9(6-7-12)14-8-4-3-5-10(14)11(15)13-2/h9-10H,3-6,8H2,1-2H3,(H,13,15). The number of likely N-dealkylation sites (tertiary alicyclic amines) is 1. The number of nitrogens with one attached hydrogen (secondary N) is 1. The van der Waals surface area contributed by atoms with Gasteiger partial charge in [-0.1, -0.05) is 6.42 Å². The van der Waals surface area contributed by atoms with Gasteiger partial charge in [0.2, 0.25) is 5.91 Å². The van der Waals surface area contributed by atoms with Gasteiger partial charge in [-0.15, -0.1) is 0 Å². The van der Waals surface area contributed by atoms with Crippen LogP contribution < -0.4 is 5.32 Å². The molecule has 0 saturated carbocycles. The van der Waals surface area contributed by atoms with Crippen LogP contribution in [0.4, 0.5) is 0 Å². The first-order chi connectivity index (χ1) is 7.20. The van der Waals surface area contributed by atoms with Crippen molar-refractivity contribution >= 4 is 5.91 Å². The molecule has 4 nitrogen and oxygen atoms in total. The van der Waals surface area contributed by atoms with E-state index >= 15 is 0 Å². The van der Waals surface area contributed by atoms with Crippen molar-refractivity contribution in [2.75, 3.05) is 13.6 Å². The summed E-state index contributed by atoms with van der Waals surface area (Å²) >= 11 is 0. The summed E-state index contributed by atoms with van der Waals surface area (Å²) in [6, 6.07) is 2.31. The van der Waals surface area contributed by atoms with Gasteiger partial charge in [0.25, 0.3) is 0 Å². The average Bonchev–Trinajstić information content (AvgIpc) is 2.28. The molecule has 1 N–H and O–H groups in total. The summed E-state index contributed by atoms with van der Waals surface area (Å²) in [7, 11) is 1.67. The predicted octanol–water partition coefficient (Wildman–Crippen LogP) is 0.889. The molecule has 1 fully saturated rings. The van der Waals surface area contributed by atoms with Crippen LogP contribution in [-0.2, 0) is 4.79 Å². The summed E-state index contributed by atoms with van der Waals surface area (Å²) < 4.78 is 0. The molecule has 1 rings (SSSR count). The molecule has 0 spiro atoms. The third-order valence-corrected chi connectivity index (χ3v) is 3.05. The van der Waals surface area contributed by atoms with Crippen LogP contribution in [0.2, 0.25) is 0 Å². The van der Waals surface area contributed by atoms with Crippen LogP contribution in [0.25, 0.3) is 0 Å². The van der Waals surface area contributed by atoms with E-state index in [9.17, 15) is 4.79 Å². The van der Waals surface area contributed by atoms with Crippen LogP contribution in [0.1, 0.15) is 32.6 Å². The molecule has 0 aromatic rings. The Morgan fingerprint density at radius 1 is 1.67 bits per heavy atom. The zero-order valence-corrected chi connectivity index (χ0v) is 9.49. The first-order valence-corrected chi connectivity index (χ1v) is 5.55. The maximum Gasteiger partial charge on any atom is 0.237 e. The van der Waals surface area contributed by atoms with Crippen LogP contribution in [0.3, 0.4) is 0 Å². The molecule has 2 atom stereocenters. The topological polar surface area (TPSA) is 56.1 Å². The fraction of sp³-hybridized carbons (Fsp3) is 0.818. The Kier molecular flexibility index (Phi) is 4.57. The molecule has 1 amide bonds. The largest absolute Gasteiger partial charge is 0.358 e. The van der Waals surface area contributed by atoms with E-state index in [1.165, 1.54) is 0 Å². The Balaban J connectivity index is 2.65. The summed E-state index contributed by atoms with van der Waals surface area (Å²) in [6.07, 6.45) is 3.64. The highest BCUT2D eigenvalue weighted by atomic mass is 16.2. The van der Waals surface area contributed by atoms with Crippen LogP contribution in [0, 0.1) is 11.3 Å². The van der Waals surface area contributed by atoms with Crippen LogP contribution in [0.5, 0.6) is 0 Å². The number of likely N-dealkylation sites (N-methyl/N-ethyl adjacent to an activating group) is 1. The van der Waals surface area contributed by atoms with E-state index in [2.05, 4.69) is 16.3 Å². The van der Waals surface area contributed by atoms with Crippen LogP contribution >= 0.6 is 0 Å². The van der Waals surface area contributed by atoms with Crippen molar-refractivity contribution in [3.05, 3.63) is 0 Å².